The predicted octanol–water partition coefficient (Wildman–Crippen LogP) is 2.71. The summed E-state index contributed by atoms with van der Waals surface area (Å²) in [5.74, 6) is 1.49. The third-order valence-electron chi connectivity index (χ3n) is 5.56. The van der Waals surface area contributed by atoms with Crippen molar-refractivity contribution in [3.8, 4) is 5.75 Å². The zero-order valence-corrected chi connectivity index (χ0v) is 15.4. The zero-order chi connectivity index (χ0) is 17.4. The van der Waals surface area contributed by atoms with Gasteiger partial charge in [0.25, 0.3) is 0 Å². The monoisotopic (exact) mass is 341 g/mol. The van der Waals surface area contributed by atoms with Gasteiger partial charge in [-0.05, 0) is 25.0 Å². The fourth-order valence-electron chi connectivity index (χ4n) is 4.29. The normalized spacial score (nSPS) is 24.8. The Kier molecular flexibility index (Phi) is 4.52. The van der Waals surface area contributed by atoms with E-state index in [1.54, 1.807) is 7.11 Å². The first-order chi connectivity index (χ1) is 12.2. The molecular weight excluding hydrogens is 314 g/mol. The molecule has 3 heterocycles. The smallest absolute Gasteiger partial charge is 0.145 e. The molecule has 2 fully saturated rings. The van der Waals surface area contributed by atoms with Gasteiger partial charge in [0, 0.05) is 49.0 Å². The molecule has 2 unspecified atom stereocenters. The molecule has 2 saturated heterocycles. The number of aromatic nitrogens is 1. The van der Waals surface area contributed by atoms with Crippen LogP contribution in [-0.2, 0) is 4.74 Å². The van der Waals surface area contributed by atoms with Crippen LogP contribution in [0.1, 0.15) is 12.6 Å². The van der Waals surface area contributed by atoms with Crippen LogP contribution in [0.15, 0.2) is 24.3 Å². The molecule has 0 bridgehead atoms. The number of hydrogen-bond donors (Lipinski definition) is 0. The lowest BCUT2D eigenvalue weighted by molar-refractivity contribution is 0.0134. The van der Waals surface area contributed by atoms with Crippen molar-refractivity contribution in [2.24, 2.45) is 5.92 Å². The average Bonchev–Trinajstić information content (AvgIpc) is 3.03. The molecule has 0 saturated carbocycles. The van der Waals surface area contributed by atoms with Crippen LogP contribution in [0.3, 0.4) is 0 Å². The highest BCUT2D eigenvalue weighted by molar-refractivity contribution is 5.95. The topological polar surface area (TPSA) is 37.8 Å². The van der Waals surface area contributed by atoms with E-state index in [0.29, 0.717) is 12.0 Å². The number of anilines is 1. The average molecular weight is 341 g/mol. The maximum absolute atomic E-state index is 5.53. The van der Waals surface area contributed by atoms with Crippen LogP contribution >= 0.6 is 0 Å². The highest BCUT2D eigenvalue weighted by atomic mass is 16.5. The van der Waals surface area contributed by atoms with Crippen molar-refractivity contribution >= 4 is 16.6 Å². The van der Waals surface area contributed by atoms with E-state index in [1.807, 2.05) is 6.07 Å². The van der Waals surface area contributed by atoms with Crippen molar-refractivity contribution in [1.29, 1.82) is 0 Å². The van der Waals surface area contributed by atoms with Gasteiger partial charge in [0.05, 0.1) is 20.3 Å². The quantitative estimate of drug-likeness (QED) is 0.858. The van der Waals surface area contributed by atoms with E-state index in [9.17, 15) is 0 Å². The summed E-state index contributed by atoms with van der Waals surface area (Å²) in [5.41, 5.74) is 3.28. The van der Waals surface area contributed by atoms with Gasteiger partial charge in [0.1, 0.15) is 11.3 Å². The van der Waals surface area contributed by atoms with E-state index < -0.39 is 0 Å². The maximum Gasteiger partial charge on any atom is 0.145 e. The van der Waals surface area contributed by atoms with E-state index in [0.717, 1.165) is 56.4 Å². The molecule has 0 spiro atoms. The van der Waals surface area contributed by atoms with Crippen molar-refractivity contribution in [1.82, 2.24) is 9.88 Å². The van der Waals surface area contributed by atoms with Crippen LogP contribution < -0.4 is 9.64 Å². The summed E-state index contributed by atoms with van der Waals surface area (Å²) in [4.78, 5) is 9.86. The molecule has 5 heteroatoms. The van der Waals surface area contributed by atoms with Gasteiger partial charge in [-0.3, -0.25) is 4.90 Å². The van der Waals surface area contributed by atoms with Crippen molar-refractivity contribution in [2.45, 2.75) is 19.9 Å². The molecule has 2 aliphatic heterocycles. The molecule has 2 aromatic rings. The number of methoxy groups -OCH3 is 1. The van der Waals surface area contributed by atoms with Crippen LogP contribution in [0.4, 0.5) is 5.69 Å². The van der Waals surface area contributed by atoms with E-state index >= 15 is 0 Å². The van der Waals surface area contributed by atoms with E-state index in [2.05, 4.69) is 41.8 Å². The predicted molar refractivity (Wildman–Crippen MR) is 101 cm³/mol. The van der Waals surface area contributed by atoms with E-state index in [-0.39, 0.29) is 0 Å². The maximum atomic E-state index is 5.53. The fourth-order valence-corrected chi connectivity index (χ4v) is 4.29. The molecule has 25 heavy (non-hydrogen) atoms. The van der Waals surface area contributed by atoms with Gasteiger partial charge in [-0.2, -0.15) is 0 Å². The van der Waals surface area contributed by atoms with E-state index in [4.69, 9.17) is 14.5 Å². The Morgan fingerprint density at radius 3 is 2.76 bits per heavy atom. The van der Waals surface area contributed by atoms with Crippen LogP contribution in [-0.4, -0.2) is 62.4 Å². The van der Waals surface area contributed by atoms with Gasteiger partial charge in [-0.15, -0.1) is 0 Å². The van der Waals surface area contributed by atoms with Crippen molar-refractivity contribution in [3.63, 3.8) is 0 Å². The Morgan fingerprint density at radius 2 is 2.00 bits per heavy atom. The van der Waals surface area contributed by atoms with Gasteiger partial charge < -0.3 is 14.4 Å². The molecule has 2 atom stereocenters. The third kappa shape index (κ3) is 3.07. The summed E-state index contributed by atoms with van der Waals surface area (Å²) in [6, 6.07) is 9.02. The minimum Gasteiger partial charge on any atom is -0.494 e. The number of pyridine rings is 1. The zero-order valence-electron chi connectivity index (χ0n) is 15.4. The largest absolute Gasteiger partial charge is 0.494 e. The summed E-state index contributed by atoms with van der Waals surface area (Å²) in [6.45, 7) is 10.4. The lowest BCUT2D eigenvalue weighted by Crippen LogP contribution is -2.46. The van der Waals surface area contributed by atoms with Gasteiger partial charge in [-0.1, -0.05) is 19.1 Å². The number of fused-ring (bicyclic) bond motifs is 1. The highest BCUT2D eigenvalue weighted by Crippen LogP contribution is 2.35. The molecule has 1 aromatic heterocycles. The second-order valence-corrected chi connectivity index (χ2v) is 7.24. The fraction of sp³-hybridized carbons (Fsp3) is 0.550. The van der Waals surface area contributed by atoms with Crippen LogP contribution in [0.25, 0.3) is 10.9 Å². The lowest BCUT2D eigenvalue weighted by atomic mass is 10.0. The number of rotatable bonds is 3. The van der Waals surface area contributed by atoms with Crippen molar-refractivity contribution in [2.75, 3.05) is 51.4 Å². The number of aryl methyl sites for hydroxylation is 1. The summed E-state index contributed by atoms with van der Waals surface area (Å²) in [5, 5.41) is 1.18. The Balaban J connectivity index is 1.68. The number of para-hydroxylation sites is 1. The molecule has 0 aliphatic carbocycles. The summed E-state index contributed by atoms with van der Waals surface area (Å²) >= 11 is 0. The Hall–Kier alpha value is -1.85. The molecule has 5 nitrogen and oxygen atoms in total. The van der Waals surface area contributed by atoms with Crippen LogP contribution in [0, 0.1) is 12.8 Å². The minimum atomic E-state index is 0.595. The number of ether oxygens (including phenoxy) is 2. The molecule has 0 amide bonds. The molecule has 1 aromatic carbocycles. The van der Waals surface area contributed by atoms with Crippen LogP contribution in [0.5, 0.6) is 5.75 Å². The number of nitrogens with zero attached hydrogens (tertiary/aromatic N) is 3. The summed E-state index contributed by atoms with van der Waals surface area (Å²) < 4.78 is 11.1. The summed E-state index contributed by atoms with van der Waals surface area (Å²) in [6.07, 6.45) is 0. The molecule has 134 valence electrons. The first-order valence-corrected chi connectivity index (χ1v) is 9.18. The molecule has 4 rings (SSSR count). The Labute approximate surface area is 149 Å². The molecule has 2 aliphatic rings. The first kappa shape index (κ1) is 16.6. The SMILES string of the molecule is COc1cccc2c(N3CC(C)C(N4CCOCC4)C3)cc(C)nc12. The third-order valence-corrected chi connectivity index (χ3v) is 5.56. The highest BCUT2D eigenvalue weighted by Gasteiger charge is 2.35. The second-order valence-electron chi connectivity index (χ2n) is 7.24. The van der Waals surface area contributed by atoms with Gasteiger partial charge in [-0.25, -0.2) is 4.98 Å². The molecular formula is C20H27N3O2. The number of hydrogen-bond acceptors (Lipinski definition) is 5. The first-order valence-electron chi connectivity index (χ1n) is 9.18. The second kappa shape index (κ2) is 6.81. The minimum absolute atomic E-state index is 0.595. The van der Waals surface area contributed by atoms with Gasteiger partial charge in [0.2, 0.25) is 0 Å². The van der Waals surface area contributed by atoms with Crippen LogP contribution in [0.2, 0.25) is 0 Å². The Bertz CT molecular complexity index is 758. The number of morpholine rings is 1. The molecule has 0 N–H and O–H groups in total. The molecule has 0 radical (unpaired) electrons. The summed E-state index contributed by atoms with van der Waals surface area (Å²) in [7, 11) is 1.71. The van der Waals surface area contributed by atoms with Crippen molar-refractivity contribution < 1.29 is 9.47 Å². The van der Waals surface area contributed by atoms with Gasteiger partial charge >= 0.3 is 0 Å². The van der Waals surface area contributed by atoms with Crippen molar-refractivity contribution in [3.05, 3.63) is 30.0 Å². The van der Waals surface area contributed by atoms with E-state index in [1.165, 1.54) is 11.1 Å². The lowest BCUT2D eigenvalue weighted by Gasteiger charge is -2.34. The van der Waals surface area contributed by atoms with Gasteiger partial charge in [0.15, 0.2) is 0 Å². The number of benzene rings is 1. The standard InChI is InChI=1S/C20H27N3O2/c1-14-12-23(13-18(14)22-7-9-25-10-8-22)17-11-15(2)21-20-16(17)5-4-6-19(20)24-3/h4-6,11,14,18H,7-10,12-13H2,1-3H3. The Morgan fingerprint density at radius 1 is 1.20 bits per heavy atom.